The lowest BCUT2D eigenvalue weighted by molar-refractivity contribution is -0.131. The summed E-state index contributed by atoms with van der Waals surface area (Å²) in [5, 5.41) is 3.08. The summed E-state index contributed by atoms with van der Waals surface area (Å²) in [7, 11) is 1.64. The molecule has 5 heteroatoms. The number of nitrogens with zero attached hydrogens (tertiary/aromatic N) is 1. The Balaban J connectivity index is 1.86. The highest BCUT2D eigenvalue weighted by Crippen LogP contribution is 2.21. The van der Waals surface area contributed by atoms with Crippen LogP contribution >= 0.6 is 0 Å². The fraction of sp³-hybridized carbons (Fsp3) is 0.562. The number of methoxy groups -OCH3 is 1. The van der Waals surface area contributed by atoms with Crippen molar-refractivity contribution < 1.29 is 13.9 Å². The molecule has 116 valence electrons. The van der Waals surface area contributed by atoms with Crippen molar-refractivity contribution in [1.82, 2.24) is 10.2 Å². The largest absolute Gasteiger partial charge is 0.383 e. The number of nitrogens with one attached hydrogen (secondary N) is 1. The van der Waals surface area contributed by atoms with Crippen molar-refractivity contribution in [2.24, 2.45) is 0 Å². The van der Waals surface area contributed by atoms with Crippen LogP contribution in [0.2, 0.25) is 0 Å². The summed E-state index contributed by atoms with van der Waals surface area (Å²) in [5.41, 5.74) is 0.951. The van der Waals surface area contributed by atoms with Crippen LogP contribution in [0.3, 0.4) is 0 Å². The molecule has 1 fully saturated rings. The zero-order valence-corrected chi connectivity index (χ0v) is 12.5. The zero-order valence-electron chi connectivity index (χ0n) is 12.5. The Bertz CT molecular complexity index is 467. The van der Waals surface area contributed by atoms with Crippen molar-refractivity contribution in [3.05, 3.63) is 35.6 Å². The number of ether oxygens (including phenoxy) is 1. The maximum absolute atomic E-state index is 13.2. The van der Waals surface area contributed by atoms with E-state index < -0.39 is 0 Å². The van der Waals surface area contributed by atoms with E-state index in [1.807, 2.05) is 11.0 Å². The van der Waals surface area contributed by atoms with E-state index in [4.69, 9.17) is 4.74 Å². The van der Waals surface area contributed by atoms with Crippen LogP contribution < -0.4 is 5.32 Å². The van der Waals surface area contributed by atoms with Crippen molar-refractivity contribution in [3.8, 4) is 0 Å². The summed E-state index contributed by atoms with van der Waals surface area (Å²) in [5.74, 6) is -0.102. The first-order chi connectivity index (χ1) is 10.2. The third-order valence-electron chi connectivity index (χ3n) is 3.82. The van der Waals surface area contributed by atoms with E-state index in [0.29, 0.717) is 19.7 Å². The van der Waals surface area contributed by atoms with Gasteiger partial charge in [0, 0.05) is 26.2 Å². The van der Waals surface area contributed by atoms with Gasteiger partial charge in [0.15, 0.2) is 0 Å². The van der Waals surface area contributed by atoms with E-state index in [1.165, 1.54) is 6.07 Å². The summed E-state index contributed by atoms with van der Waals surface area (Å²) >= 11 is 0. The van der Waals surface area contributed by atoms with Gasteiger partial charge in [-0.1, -0.05) is 12.1 Å². The molecule has 1 unspecified atom stereocenters. The van der Waals surface area contributed by atoms with Crippen LogP contribution in [0, 0.1) is 5.82 Å². The maximum Gasteiger partial charge on any atom is 0.236 e. The Labute approximate surface area is 125 Å². The number of carbonyl (C=O) groups excluding carboxylic acids is 1. The van der Waals surface area contributed by atoms with Crippen LogP contribution in [0.4, 0.5) is 4.39 Å². The molecule has 1 amide bonds. The molecule has 1 N–H and O–H groups in total. The number of hydrogen-bond donors (Lipinski definition) is 1. The van der Waals surface area contributed by atoms with Gasteiger partial charge in [0.25, 0.3) is 0 Å². The van der Waals surface area contributed by atoms with Crippen LogP contribution in [0.1, 0.15) is 18.4 Å². The van der Waals surface area contributed by atoms with E-state index in [9.17, 15) is 9.18 Å². The third kappa shape index (κ3) is 4.79. The summed E-state index contributed by atoms with van der Waals surface area (Å²) < 4.78 is 18.2. The fourth-order valence-corrected chi connectivity index (χ4v) is 2.78. The van der Waals surface area contributed by atoms with Gasteiger partial charge < -0.3 is 15.0 Å². The van der Waals surface area contributed by atoms with Gasteiger partial charge in [0.1, 0.15) is 5.82 Å². The molecule has 2 rings (SSSR count). The van der Waals surface area contributed by atoms with E-state index >= 15 is 0 Å². The van der Waals surface area contributed by atoms with Crippen molar-refractivity contribution in [2.45, 2.75) is 25.3 Å². The lowest BCUT2D eigenvalue weighted by Crippen LogP contribution is -2.42. The normalized spacial score (nSPS) is 18.2. The van der Waals surface area contributed by atoms with Gasteiger partial charge in [0.2, 0.25) is 5.91 Å². The topological polar surface area (TPSA) is 41.6 Å². The van der Waals surface area contributed by atoms with Crippen LogP contribution in [0.15, 0.2) is 24.3 Å². The van der Waals surface area contributed by atoms with Crippen molar-refractivity contribution in [3.63, 3.8) is 0 Å². The Morgan fingerprint density at radius 2 is 2.38 bits per heavy atom. The summed E-state index contributed by atoms with van der Waals surface area (Å²) in [4.78, 5) is 14.1. The molecule has 4 nitrogen and oxygen atoms in total. The molecule has 0 saturated carbocycles. The molecule has 1 atom stereocenters. The van der Waals surface area contributed by atoms with Crippen LogP contribution in [0.25, 0.3) is 0 Å². The molecule has 1 saturated heterocycles. The Hall–Kier alpha value is -1.46. The molecule has 21 heavy (non-hydrogen) atoms. The second kappa shape index (κ2) is 8.10. The molecule has 1 aliphatic rings. The second-order valence-electron chi connectivity index (χ2n) is 5.39. The number of halogens is 1. The van der Waals surface area contributed by atoms with E-state index in [0.717, 1.165) is 31.4 Å². The van der Waals surface area contributed by atoms with Gasteiger partial charge in [-0.05, 0) is 37.0 Å². The highest BCUT2D eigenvalue weighted by molar-refractivity contribution is 5.78. The Morgan fingerprint density at radius 1 is 1.52 bits per heavy atom. The minimum absolute atomic E-state index is 0.116. The monoisotopic (exact) mass is 294 g/mol. The second-order valence-corrected chi connectivity index (χ2v) is 5.39. The van der Waals surface area contributed by atoms with E-state index in [1.54, 1.807) is 19.2 Å². The molecule has 0 bridgehead atoms. The molecule has 0 aliphatic carbocycles. The predicted octanol–water partition coefficient (Wildman–Crippen LogP) is 1.60. The molecule has 0 spiro atoms. The van der Waals surface area contributed by atoms with Crippen LogP contribution in [-0.4, -0.2) is 50.2 Å². The average molecular weight is 294 g/mol. The minimum atomic E-state index is -0.218. The maximum atomic E-state index is 13.2. The van der Waals surface area contributed by atoms with Gasteiger partial charge in [0.05, 0.1) is 13.2 Å². The van der Waals surface area contributed by atoms with Gasteiger partial charge in [-0.15, -0.1) is 0 Å². The van der Waals surface area contributed by atoms with Crippen LogP contribution in [0.5, 0.6) is 0 Å². The van der Waals surface area contributed by atoms with Gasteiger partial charge >= 0.3 is 0 Å². The van der Waals surface area contributed by atoms with E-state index in [2.05, 4.69) is 5.32 Å². The van der Waals surface area contributed by atoms with Gasteiger partial charge in [-0.25, -0.2) is 4.39 Å². The molecule has 0 aromatic heterocycles. The first-order valence-corrected chi connectivity index (χ1v) is 7.44. The first kappa shape index (κ1) is 15.9. The Kier molecular flexibility index (Phi) is 6.14. The fourth-order valence-electron chi connectivity index (χ4n) is 2.78. The number of hydrogen-bond acceptors (Lipinski definition) is 3. The summed E-state index contributed by atoms with van der Waals surface area (Å²) in [6, 6.07) is 6.82. The number of likely N-dealkylation sites (tertiary alicyclic amines) is 1. The van der Waals surface area contributed by atoms with Crippen molar-refractivity contribution in [1.29, 1.82) is 0 Å². The predicted molar refractivity (Wildman–Crippen MR) is 79.6 cm³/mol. The number of amides is 1. The van der Waals surface area contributed by atoms with Crippen LogP contribution in [-0.2, 0) is 16.0 Å². The molecule has 1 aromatic carbocycles. The average Bonchev–Trinajstić information content (AvgIpc) is 2.91. The molecule has 1 aromatic rings. The minimum Gasteiger partial charge on any atom is -0.383 e. The van der Waals surface area contributed by atoms with E-state index in [-0.39, 0.29) is 17.8 Å². The standard InChI is InChI=1S/C16H23FN2O2/c1-21-9-7-18-12-16(20)19-8-3-6-15(19)11-13-4-2-5-14(17)10-13/h2,4-5,10,15,18H,3,6-9,11-12H2,1H3. The smallest absolute Gasteiger partial charge is 0.236 e. The zero-order chi connectivity index (χ0) is 15.1. The lowest BCUT2D eigenvalue weighted by Gasteiger charge is -2.25. The Morgan fingerprint density at radius 3 is 3.14 bits per heavy atom. The lowest BCUT2D eigenvalue weighted by atomic mass is 10.0. The van der Waals surface area contributed by atoms with Crippen molar-refractivity contribution in [2.75, 3.05) is 33.4 Å². The molecular formula is C16H23FN2O2. The molecule has 1 heterocycles. The van der Waals surface area contributed by atoms with Gasteiger partial charge in [-0.3, -0.25) is 4.79 Å². The molecule has 1 aliphatic heterocycles. The highest BCUT2D eigenvalue weighted by Gasteiger charge is 2.28. The summed E-state index contributed by atoms with van der Waals surface area (Å²) in [6.07, 6.45) is 2.73. The summed E-state index contributed by atoms with van der Waals surface area (Å²) in [6.45, 7) is 2.40. The van der Waals surface area contributed by atoms with Gasteiger partial charge in [-0.2, -0.15) is 0 Å². The molecular weight excluding hydrogens is 271 g/mol. The quantitative estimate of drug-likeness (QED) is 0.777. The SMILES string of the molecule is COCCNCC(=O)N1CCCC1Cc1cccc(F)c1. The highest BCUT2D eigenvalue weighted by atomic mass is 19.1. The first-order valence-electron chi connectivity index (χ1n) is 7.44. The number of rotatable bonds is 7. The third-order valence-corrected chi connectivity index (χ3v) is 3.82. The number of benzene rings is 1. The van der Waals surface area contributed by atoms with Crippen molar-refractivity contribution >= 4 is 5.91 Å². The molecule has 0 radical (unpaired) electrons. The number of carbonyl (C=O) groups is 1.